The molecule has 0 fully saturated rings. The van der Waals surface area contributed by atoms with E-state index < -0.39 is 0 Å². The van der Waals surface area contributed by atoms with Gasteiger partial charge in [-0.05, 0) is 57.9 Å². The first-order valence-electron chi connectivity index (χ1n) is 10.5. The van der Waals surface area contributed by atoms with Gasteiger partial charge in [0.15, 0.2) is 5.76 Å². The van der Waals surface area contributed by atoms with Gasteiger partial charge in [-0.15, -0.1) is 0 Å². The number of amides is 1. The molecule has 1 atom stereocenters. The molecule has 0 aliphatic carbocycles. The Hall–Kier alpha value is -2.85. The van der Waals surface area contributed by atoms with Gasteiger partial charge in [0.1, 0.15) is 5.76 Å². The maximum absolute atomic E-state index is 12.6. The average molecular weight is 405 g/mol. The standard InChI is InChI=1S/C26H32N2O2/c1-19-11-13-21(14-12-19)17-28(26(3,4)5)18-23-15-16-24(30-23)25(29)27-20(2)22-9-7-6-8-10-22/h6-16,20H,17-18H2,1-5H3,(H,27,29). The summed E-state index contributed by atoms with van der Waals surface area (Å²) in [6, 6.07) is 22.1. The number of rotatable bonds is 7. The number of nitrogens with zero attached hydrogens (tertiary/aromatic N) is 1. The number of carbonyl (C=O) groups excluding carboxylic acids is 1. The number of benzene rings is 2. The lowest BCUT2D eigenvalue weighted by Gasteiger charge is -2.35. The molecule has 1 amide bonds. The third-order valence-corrected chi connectivity index (χ3v) is 5.32. The minimum atomic E-state index is -0.196. The lowest BCUT2D eigenvalue weighted by molar-refractivity contribution is 0.0893. The van der Waals surface area contributed by atoms with E-state index in [9.17, 15) is 4.79 Å². The lowest BCUT2D eigenvalue weighted by Crippen LogP contribution is -2.40. The van der Waals surface area contributed by atoms with E-state index in [0.717, 1.165) is 17.9 Å². The van der Waals surface area contributed by atoms with Crippen LogP contribution >= 0.6 is 0 Å². The third-order valence-electron chi connectivity index (χ3n) is 5.32. The zero-order valence-corrected chi connectivity index (χ0v) is 18.6. The van der Waals surface area contributed by atoms with E-state index in [2.05, 4.69) is 62.2 Å². The van der Waals surface area contributed by atoms with Gasteiger partial charge in [0, 0.05) is 12.1 Å². The summed E-state index contributed by atoms with van der Waals surface area (Å²) in [5, 5.41) is 3.01. The van der Waals surface area contributed by atoms with E-state index in [1.54, 1.807) is 6.07 Å². The van der Waals surface area contributed by atoms with E-state index in [-0.39, 0.29) is 17.5 Å². The molecule has 30 heavy (non-hydrogen) atoms. The largest absolute Gasteiger partial charge is 0.455 e. The predicted octanol–water partition coefficient (Wildman–Crippen LogP) is 5.88. The summed E-state index contributed by atoms with van der Waals surface area (Å²) in [5.41, 5.74) is 3.54. The highest BCUT2D eigenvalue weighted by atomic mass is 16.4. The average Bonchev–Trinajstić information content (AvgIpc) is 3.18. The van der Waals surface area contributed by atoms with Gasteiger partial charge in [0.2, 0.25) is 0 Å². The molecule has 4 heteroatoms. The Kier molecular flexibility index (Phi) is 6.78. The second-order valence-electron chi connectivity index (χ2n) is 8.88. The maximum atomic E-state index is 12.6. The van der Waals surface area contributed by atoms with Crippen LogP contribution in [0.3, 0.4) is 0 Å². The molecule has 0 saturated carbocycles. The molecule has 1 N–H and O–H groups in total. The van der Waals surface area contributed by atoms with Crippen molar-refractivity contribution in [2.24, 2.45) is 0 Å². The van der Waals surface area contributed by atoms with E-state index in [1.807, 2.05) is 43.3 Å². The van der Waals surface area contributed by atoms with E-state index in [1.165, 1.54) is 11.1 Å². The van der Waals surface area contributed by atoms with E-state index in [0.29, 0.717) is 12.3 Å². The molecule has 158 valence electrons. The highest BCUT2D eigenvalue weighted by molar-refractivity contribution is 5.91. The van der Waals surface area contributed by atoms with E-state index in [4.69, 9.17) is 4.42 Å². The fourth-order valence-corrected chi connectivity index (χ4v) is 3.31. The molecule has 1 heterocycles. The summed E-state index contributed by atoms with van der Waals surface area (Å²) in [4.78, 5) is 15.0. The van der Waals surface area contributed by atoms with Crippen molar-refractivity contribution in [1.29, 1.82) is 0 Å². The molecule has 0 bridgehead atoms. The molecule has 0 aliphatic rings. The molecule has 2 aromatic carbocycles. The summed E-state index contributed by atoms with van der Waals surface area (Å²) >= 11 is 0. The van der Waals surface area contributed by atoms with Gasteiger partial charge in [-0.1, -0.05) is 60.2 Å². The fourth-order valence-electron chi connectivity index (χ4n) is 3.31. The van der Waals surface area contributed by atoms with Crippen molar-refractivity contribution in [3.8, 4) is 0 Å². The van der Waals surface area contributed by atoms with Crippen molar-refractivity contribution in [1.82, 2.24) is 10.2 Å². The third kappa shape index (κ3) is 5.83. The maximum Gasteiger partial charge on any atom is 0.287 e. The second-order valence-corrected chi connectivity index (χ2v) is 8.88. The van der Waals surface area contributed by atoms with Gasteiger partial charge in [-0.25, -0.2) is 0 Å². The first-order valence-corrected chi connectivity index (χ1v) is 10.5. The van der Waals surface area contributed by atoms with Crippen LogP contribution < -0.4 is 5.32 Å². The van der Waals surface area contributed by atoms with Gasteiger partial charge >= 0.3 is 0 Å². The SMILES string of the molecule is Cc1ccc(CN(Cc2ccc(C(=O)NC(C)c3ccccc3)o2)C(C)(C)C)cc1. The Morgan fingerprint density at radius 1 is 0.967 bits per heavy atom. The van der Waals surface area contributed by atoms with Crippen LogP contribution in [0.4, 0.5) is 0 Å². The zero-order valence-electron chi connectivity index (χ0n) is 18.6. The van der Waals surface area contributed by atoms with Gasteiger partial charge in [0.25, 0.3) is 5.91 Å². The topological polar surface area (TPSA) is 45.5 Å². The van der Waals surface area contributed by atoms with Crippen molar-refractivity contribution in [2.45, 2.75) is 59.3 Å². The normalized spacial score (nSPS) is 12.7. The molecule has 3 aromatic rings. The number of hydrogen-bond donors (Lipinski definition) is 1. The molecule has 1 unspecified atom stereocenters. The molecule has 0 spiro atoms. The Labute approximate surface area is 179 Å². The van der Waals surface area contributed by atoms with Crippen molar-refractivity contribution >= 4 is 5.91 Å². The molecular formula is C26H32N2O2. The van der Waals surface area contributed by atoms with Gasteiger partial charge in [0.05, 0.1) is 12.6 Å². The quantitative estimate of drug-likeness (QED) is 0.535. The molecule has 0 aliphatic heterocycles. The van der Waals surface area contributed by atoms with Crippen LogP contribution in [-0.4, -0.2) is 16.3 Å². The molecule has 0 saturated heterocycles. The first-order chi connectivity index (χ1) is 14.2. The molecule has 1 aromatic heterocycles. The Balaban J connectivity index is 1.67. The minimum Gasteiger partial charge on any atom is -0.455 e. The van der Waals surface area contributed by atoms with Crippen LogP contribution in [0.25, 0.3) is 0 Å². The lowest BCUT2D eigenvalue weighted by atomic mass is 10.0. The Morgan fingerprint density at radius 3 is 2.27 bits per heavy atom. The predicted molar refractivity (Wildman–Crippen MR) is 121 cm³/mol. The summed E-state index contributed by atoms with van der Waals surface area (Å²) in [6.07, 6.45) is 0. The zero-order chi connectivity index (χ0) is 21.7. The van der Waals surface area contributed by atoms with Crippen molar-refractivity contribution < 1.29 is 9.21 Å². The Bertz CT molecular complexity index is 953. The number of furan rings is 1. The monoisotopic (exact) mass is 404 g/mol. The smallest absolute Gasteiger partial charge is 0.287 e. The summed E-state index contributed by atoms with van der Waals surface area (Å²) < 4.78 is 5.91. The summed E-state index contributed by atoms with van der Waals surface area (Å²) in [6.45, 7) is 12.1. The van der Waals surface area contributed by atoms with Crippen LogP contribution in [0.2, 0.25) is 0 Å². The van der Waals surface area contributed by atoms with Crippen molar-refractivity contribution in [2.75, 3.05) is 0 Å². The van der Waals surface area contributed by atoms with Crippen LogP contribution in [0.5, 0.6) is 0 Å². The summed E-state index contributed by atoms with van der Waals surface area (Å²) in [7, 11) is 0. The van der Waals surface area contributed by atoms with Gasteiger partial charge in [-0.2, -0.15) is 0 Å². The Morgan fingerprint density at radius 2 is 1.63 bits per heavy atom. The molecule has 0 radical (unpaired) electrons. The summed E-state index contributed by atoms with van der Waals surface area (Å²) in [5.74, 6) is 0.935. The molecular weight excluding hydrogens is 372 g/mol. The number of hydrogen-bond acceptors (Lipinski definition) is 3. The molecule has 4 nitrogen and oxygen atoms in total. The van der Waals surface area contributed by atoms with Crippen LogP contribution in [-0.2, 0) is 13.1 Å². The van der Waals surface area contributed by atoms with Crippen molar-refractivity contribution in [3.05, 3.63) is 94.9 Å². The molecule has 3 rings (SSSR count). The van der Waals surface area contributed by atoms with Crippen LogP contribution in [0.1, 0.15) is 66.7 Å². The van der Waals surface area contributed by atoms with Gasteiger partial charge in [-0.3, -0.25) is 9.69 Å². The van der Waals surface area contributed by atoms with Crippen LogP contribution in [0, 0.1) is 6.92 Å². The highest BCUT2D eigenvalue weighted by Crippen LogP contribution is 2.22. The number of nitrogens with one attached hydrogen (secondary N) is 1. The number of aryl methyl sites for hydroxylation is 1. The van der Waals surface area contributed by atoms with E-state index >= 15 is 0 Å². The fraction of sp³-hybridized carbons (Fsp3) is 0.346. The highest BCUT2D eigenvalue weighted by Gasteiger charge is 2.24. The minimum absolute atomic E-state index is 0.0398. The number of carbonyl (C=O) groups is 1. The second kappa shape index (κ2) is 9.31. The van der Waals surface area contributed by atoms with Crippen LogP contribution in [0.15, 0.2) is 71.1 Å². The van der Waals surface area contributed by atoms with Gasteiger partial charge < -0.3 is 9.73 Å². The van der Waals surface area contributed by atoms with Crippen molar-refractivity contribution in [3.63, 3.8) is 0 Å². The first kappa shape index (κ1) is 21.8.